The molecule has 2 N–H and O–H groups in total. The zero-order valence-electron chi connectivity index (χ0n) is 11.3. The van der Waals surface area contributed by atoms with Crippen LogP contribution in [-0.4, -0.2) is 26.1 Å². The van der Waals surface area contributed by atoms with Crippen LogP contribution in [0.5, 0.6) is 5.75 Å². The van der Waals surface area contributed by atoms with E-state index in [2.05, 4.69) is 24.5 Å². The molecular weight excluding hydrogens is 228 g/mol. The standard InChI is InChI=1S/C14H22N2O2/c1-11(2)8-9-15-10-14(17)16-12-4-6-13(18-3)7-5-12/h4-7,11,15H,8-10H2,1-3H3,(H,16,17). The van der Waals surface area contributed by atoms with E-state index in [4.69, 9.17) is 4.74 Å². The van der Waals surface area contributed by atoms with Gasteiger partial charge in [-0.05, 0) is 43.1 Å². The molecule has 1 aromatic carbocycles. The van der Waals surface area contributed by atoms with Gasteiger partial charge in [-0.2, -0.15) is 0 Å². The molecule has 0 unspecified atom stereocenters. The van der Waals surface area contributed by atoms with Gasteiger partial charge in [0.25, 0.3) is 0 Å². The molecule has 0 fully saturated rings. The number of nitrogens with one attached hydrogen (secondary N) is 2. The van der Waals surface area contributed by atoms with Crippen LogP contribution in [0.25, 0.3) is 0 Å². The first-order valence-electron chi connectivity index (χ1n) is 6.26. The minimum atomic E-state index is -0.0241. The molecule has 4 nitrogen and oxygen atoms in total. The van der Waals surface area contributed by atoms with Gasteiger partial charge in [0.2, 0.25) is 5.91 Å². The van der Waals surface area contributed by atoms with Crippen molar-refractivity contribution < 1.29 is 9.53 Å². The Morgan fingerprint density at radius 2 is 1.94 bits per heavy atom. The van der Waals surface area contributed by atoms with E-state index in [0.717, 1.165) is 24.4 Å². The van der Waals surface area contributed by atoms with Gasteiger partial charge >= 0.3 is 0 Å². The fourth-order valence-corrected chi connectivity index (χ4v) is 1.47. The van der Waals surface area contributed by atoms with E-state index < -0.39 is 0 Å². The summed E-state index contributed by atoms with van der Waals surface area (Å²) >= 11 is 0. The van der Waals surface area contributed by atoms with Crippen LogP contribution in [0, 0.1) is 5.92 Å². The summed E-state index contributed by atoms with van der Waals surface area (Å²) in [5.41, 5.74) is 0.784. The van der Waals surface area contributed by atoms with Gasteiger partial charge in [-0.15, -0.1) is 0 Å². The highest BCUT2D eigenvalue weighted by Gasteiger charge is 2.02. The summed E-state index contributed by atoms with van der Waals surface area (Å²) in [5, 5.41) is 5.95. The Kier molecular flexibility index (Phi) is 6.22. The highest BCUT2D eigenvalue weighted by molar-refractivity contribution is 5.92. The maximum atomic E-state index is 11.6. The lowest BCUT2D eigenvalue weighted by Crippen LogP contribution is -2.29. The lowest BCUT2D eigenvalue weighted by molar-refractivity contribution is -0.115. The van der Waals surface area contributed by atoms with Crippen LogP contribution in [0.4, 0.5) is 5.69 Å². The van der Waals surface area contributed by atoms with Crippen LogP contribution in [0.15, 0.2) is 24.3 Å². The minimum Gasteiger partial charge on any atom is -0.497 e. The van der Waals surface area contributed by atoms with Gasteiger partial charge in [-0.25, -0.2) is 0 Å². The molecule has 0 radical (unpaired) electrons. The number of amides is 1. The Morgan fingerprint density at radius 1 is 1.28 bits per heavy atom. The summed E-state index contributed by atoms with van der Waals surface area (Å²) in [5.74, 6) is 1.41. The topological polar surface area (TPSA) is 50.4 Å². The Labute approximate surface area is 109 Å². The van der Waals surface area contributed by atoms with Gasteiger partial charge in [0.1, 0.15) is 5.75 Å². The van der Waals surface area contributed by atoms with Crippen molar-refractivity contribution in [2.75, 3.05) is 25.5 Å². The van der Waals surface area contributed by atoms with Crippen molar-refractivity contribution in [3.8, 4) is 5.75 Å². The molecule has 4 heteroatoms. The lowest BCUT2D eigenvalue weighted by atomic mass is 10.1. The van der Waals surface area contributed by atoms with E-state index in [1.54, 1.807) is 7.11 Å². The first kappa shape index (κ1) is 14.5. The summed E-state index contributed by atoms with van der Waals surface area (Å²) in [6.07, 6.45) is 1.08. The molecule has 0 aliphatic rings. The molecule has 0 atom stereocenters. The molecule has 1 amide bonds. The van der Waals surface area contributed by atoms with Crippen molar-refractivity contribution in [3.05, 3.63) is 24.3 Å². The summed E-state index contributed by atoms with van der Waals surface area (Å²) in [7, 11) is 1.62. The molecule has 0 aliphatic heterocycles. The third kappa shape index (κ3) is 5.68. The zero-order chi connectivity index (χ0) is 13.4. The number of benzene rings is 1. The minimum absolute atomic E-state index is 0.0241. The van der Waals surface area contributed by atoms with Crippen LogP contribution in [-0.2, 0) is 4.79 Å². The van der Waals surface area contributed by atoms with Crippen LogP contribution in [0.3, 0.4) is 0 Å². The number of hydrogen-bond acceptors (Lipinski definition) is 3. The second kappa shape index (κ2) is 7.71. The summed E-state index contributed by atoms with van der Waals surface area (Å²) < 4.78 is 5.05. The van der Waals surface area contributed by atoms with Crippen molar-refractivity contribution in [1.82, 2.24) is 5.32 Å². The van der Waals surface area contributed by atoms with Gasteiger partial charge in [0.05, 0.1) is 13.7 Å². The Bertz CT molecular complexity index is 361. The Hall–Kier alpha value is -1.55. The Morgan fingerprint density at radius 3 is 2.50 bits per heavy atom. The third-order valence-electron chi connectivity index (χ3n) is 2.56. The first-order chi connectivity index (χ1) is 8.61. The summed E-state index contributed by atoms with van der Waals surface area (Å²) in [6.45, 7) is 5.55. The van der Waals surface area contributed by atoms with E-state index in [1.807, 2.05) is 24.3 Å². The molecular formula is C14H22N2O2. The molecule has 0 aliphatic carbocycles. The van der Waals surface area contributed by atoms with Gasteiger partial charge in [-0.1, -0.05) is 13.8 Å². The monoisotopic (exact) mass is 250 g/mol. The van der Waals surface area contributed by atoms with Crippen LogP contribution in [0.1, 0.15) is 20.3 Å². The molecule has 0 heterocycles. The van der Waals surface area contributed by atoms with E-state index >= 15 is 0 Å². The lowest BCUT2D eigenvalue weighted by Gasteiger charge is -2.08. The molecule has 0 saturated heterocycles. The number of carbonyl (C=O) groups is 1. The van der Waals surface area contributed by atoms with Gasteiger partial charge < -0.3 is 15.4 Å². The average molecular weight is 250 g/mol. The van der Waals surface area contributed by atoms with Gasteiger partial charge in [-0.3, -0.25) is 4.79 Å². The number of ether oxygens (including phenoxy) is 1. The fourth-order valence-electron chi connectivity index (χ4n) is 1.47. The molecule has 18 heavy (non-hydrogen) atoms. The first-order valence-corrected chi connectivity index (χ1v) is 6.26. The molecule has 0 aromatic heterocycles. The normalized spacial score (nSPS) is 10.4. The van der Waals surface area contributed by atoms with Crippen LogP contribution in [0.2, 0.25) is 0 Å². The number of anilines is 1. The Balaban J connectivity index is 2.26. The van der Waals surface area contributed by atoms with E-state index in [-0.39, 0.29) is 5.91 Å². The van der Waals surface area contributed by atoms with Crippen molar-refractivity contribution in [3.63, 3.8) is 0 Å². The number of methoxy groups -OCH3 is 1. The quantitative estimate of drug-likeness (QED) is 0.730. The highest BCUT2D eigenvalue weighted by atomic mass is 16.5. The largest absolute Gasteiger partial charge is 0.497 e. The third-order valence-corrected chi connectivity index (χ3v) is 2.56. The average Bonchev–Trinajstić information content (AvgIpc) is 2.35. The van der Waals surface area contributed by atoms with Crippen molar-refractivity contribution in [1.29, 1.82) is 0 Å². The predicted octanol–water partition coefficient (Wildman–Crippen LogP) is 2.27. The fraction of sp³-hybridized carbons (Fsp3) is 0.500. The van der Waals surface area contributed by atoms with Crippen LogP contribution >= 0.6 is 0 Å². The molecule has 100 valence electrons. The molecule has 1 aromatic rings. The van der Waals surface area contributed by atoms with E-state index in [9.17, 15) is 4.79 Å². The molecule has 0 saturated carbocycles. The predicted molar refractivity (Wildman–Crippen MR) is 73.9 cm³/mol. The second-order valence-electron chi connectivity index (χ2n) is 4.64. The zero-order valence-corrected chi connectivity index (χ0v) is 11.3. The maximum Gasteiger partial charge on any atom is 0.238 e. The van der Waals surface area contributed by atoms with Gasteiger partial charge in [0, 0.05) is 5.69 Å². The van der Waals surface area contributed by atoms with Crippen molar-refractivity contribution in [2.45, 2.75) is 20.3 Å². The molecule has 0 bridgehead atoms. The van der Waals surface area contributed by atoms with Gasteiger partial charge in [0.15, 0.2) is 0 Å². The van der Waals surface area contributed by atoms with E-state index in [1.165, 1.54) is 0 Å². The summed E-state index contributed by atoms with van der Waals surface area (Å²) in [6, 6.07) is 7.29. The maximum absolute atomic E-state index is 11.6. The number of rotatable bonds is 7. The van der Waals surface area contributed by atoms with E-state index in [0.29, 0.717) is 12.5 Å². The molecule has 1 rings (SSSR count). The second-order valence-corrected chi connectivity index (χ2v) is 4.64. The van der Waals surface area contributed by atoms with Crippen molar-refractivity contribution in [2.24, 2.45) is 5.92 Å². The summed E-state index contributed by atoms with van der Waals surface area (Å²) in [4.78, 5) is 11.6. The van der Waals surface area contributed by atoms with Crippen molar-refractivity contribution >= 4 is 11.6 Å². The number of hydrogen-bond donors (Lipinski definition) is 2. The number of carbonyl (C=O) groups excluding carboxylic acids is 1. The molecule has 0 spiro atoms. The smallest absolute Gasteiger partial charge is 0.238 e. The van der Waals surface area contributed by atoms with Crippen LogP contribution < -0.4 is 15.4 Å². The SMILES string of the molecule is COc1ccc(NC(=O)CNCCC(C)C)cc1. The highest BCUT2D eigenvalue weighted by Crippen LogP contribution is 2.14.